The van der Waals surface area contributed by atoms with E-state index >= 15 is 0 Å². The second-order valence-corrected chi connectivity index (χ2v) is 5.65. The average molecular weight is 287 g/mol. The summed E-state index contributed by atoms with van der Waals surface area (Å²) < 4.78 is 18.8. The normalized spacial score (nSPS) is 18.6. The van der Waals surface area contributed by atoms with Crippen molar-refractivity contribution in [3.8, 4) is 0 Å². The summed E-state index contributed by atoms with van der Waals surface area (Å²) in [7, 11) is 0. The Morgan fingerprint density at radius 1 is 1.24 bits per heavy atom. The van der Waals surface area contributed by atoms with Crippen molar-refractivity contribution in [3.05, 3.63) is 47.4 Å². The second kappa shape index (κ2) is 4.65. The maximum absolute atomic E-state index is 13.6. The van der Waals surface area contributed by atoms with Crippen LogP contribution in [0, 0.1) is 5.82 Å². The van der Waals surface area contributed by atoms with Crippen LogP contribution in [0.3, 0.4) is 0 Å². The molecule has 4 rings (SSSR count). The second-order valence-electron chi connectivity index (χ2n) is 5.65. The molecule has 1 saturated heterocycles. The van der Waals surface area contributed by atoms with Crippen LogP contribution in [0.15, 0.2) is 28.8 Å². The van der Waals surface area contributed by atoms with Crippen molar-refractivity contribution in [1.29, 1.82) is 0 Å². The summed E-state index contributed by atoms with van der Waals surface area (Å²) in [5.41, 5.74) is 0.111. The minimum atomic E-state index is -0.486. The smallest absolute Gasteiger partial charge is 0.256 e. The van der Waals surface area contributed by atoms with Crippen molar-refractivity contribution in [2.45, 2.75) is 24.7 Å². The highest BCUT2D eigenvalue weighted by molar-refractivity contribution is 5.95. The van der Waals surface area contributed by atoms with Crippen molar-refractivity contribution < 1.29 is 13.7 Å². The van der Waals surface area contributed by atoms with Gasteiger partial charge >= 0.3 is 0 Å². The molecule has 1 saturated carbocycles. The highest BCUT2D eigenvalue weighted by Gasteiger charge is 2.38. The number of halogens is 1. The van der Waals surface area contributed by atoms with Gasteiger partial charge in [-0.15, -0.1) is 0 Å². The summed E-state index contributed by atoms with van der Waals surface area (Å²) in [6.07, 6.45) is 2.25. The number of hydrogen-bond donors (Lipinski definition) is 0. The van der Waals surface area contributed by atoms with E-state index in [9.17, 15) is 9.18 Å². The van der Waals surface area contributed by atoms with Gasteiger partial charge in [0.1, 0.15) is 5.82 Å². The molecule has 1 aromatic carbocycles. The average Bonchev–Trinajstić information content (AvgIpc) is 3.17. The Balaban J connectivity index is 1.42. The summed E-state index contributed by atoms with van der Waals surface area (Å²) >= 11 is 0. The first-order chi connectivity index (χ1) is 10.2. The van der Waals surface area contributed by atoms with Crippen molar-refractivity contribution in [2.75, 3.05) is 13.1 Å². The van der Waals surface area contributed by atoms with Gasteiger partial charge in [0.2, 0.25) is 5.89 Å². The monoisotopic (exact) mass is 287 g/mol. The van der Waals surface area contributed by atoms with Crippen molar-refractivity contribution in [2.24, 2.45) is 0 Å². The maximum atomic E-state index is 13.6. The standard InChI is InChI=1S/C15H14FN3O2/c16-12-4-2-1-3-11(12)15(20)19-7-10(8-19)14-17-13(18-21-14)9-5-6-9/h1-4,9-10H,5-8H2. The summed E-state index contributed by atoms with van der Waals surface area (Å²) in [4.78, 5) is 18.2. The number of nitrogens with zero attached hydrogens (tertiary/aromatic N) is 3. The van der Waals surface area contributed by atoms with Crippen LogP contribution >= 0.6 is 0 Å². The lowest BCUT2D eigenvalue weighted by Gasteiger charge is -2.37. The third-order valence-corrected chi connectivity index (χ3v) is 4.02. The lowest BCUT2D eigenvalue weighted by molar-refractivity contribution is 0.0564. The zero-order valence-corrected chi connectivity index (χ0v) is 11.3. The highest BCUT2D eigenvalue weighted by atomic mass is 19.1. The molecule has 0 atom stereocenters. The first kappa shape index (κ1) is 12.5. The van der Waals surface area contributed by atoms with E-state index in [2.05, 4.69) is 10.1 Å². The Kier molecular flexibility index (Phi) is 2.77. The van der Waals surface area contributed by atoms with Gasteiger partial charge in [0.05, 0.1) is 11.5 Å². The number of hydrogen-bond acceptors (Lipinski definition) is 4. The maximum Gasteiger partial charge on any atom is 0.256 e. The topological polar surface area (TPSA) is 59.2 Å². The summed E-state index contributed by atoms with van der Waals surface area (Å²) in [5, 5.41) is 3.97. The number of carbonyl (C=O) groups excluding carboxylic acids is 1. The van der Waals surface area contributed by atoms with E-state index in [4.69, 9.17) is 4.52 Å². The van der Waals surface area contributed by atoms with Gasteiger partial charge in [-0.25, -0.2) is 4.39 Å². The largest absolute Gasteiger partial charge is 0.339 e. The fraction of sp³-hybridized carbons (Fsp3) is 0.400. The molecule has 2 fully saturated rings. The molecule has 108 valence electrons. The predicted octanol–water partition coefficient (Wildman–Crippen LogP) is 2.33. The third-order valence-electron chi connectivity index (χ3n) is 4.02. The van der Waals surface area contributed by atoms with E-state index in [1.807, 2.05) is 0 Å². The Morgan fingerprint density at radius 3 is 2.71 bits per heavy atom. The van der Waals surface area contributed by atoms with Crippen molar-refractivity contribution in [1.82, 2.24) is 15.0 Å². The van der Waals surface area contributed by atoms with Crippen LogP contribution in [-0.4, -0.2) is 34.0 Å². The first-order valence-electron chi connectivity index (χ1n) is 7.09. The fourth-order valence-electron chi connectivity index (χ4n) is 2.53. The molecule has 1 amide bonds. The third kappa shape index (κ3) is 2.20. The van der Waals surface area contributed by atoms with Crippen molar-refractivity contribution in [3.63, 3.8) is 0 Å². The quantitative estimate of drug-likeness (QED) is 0.869. The van der Waals surface area contributed by atoms with Crippen LogP contribution in [0.25, 0.3) is 0 Å². The molecule has 0 N–H and O–H groups in total. The number of benzene rings is 1. The molecule has 1 aliphatic heterocycles. The van der Waals surface area contributed by atoms with Gasteiger partial charge in [-0.3, -0.25) is 4.79 Å². The fourth-order valence-corrected chi connectivity index (χ4v) is 2.53. The molecule has 0 unspecified atom stereocenters. The zero-order chi connectivity index (χ0) is 14.4. The minimum Gasteiger partial charge on any atom is -0.339 e. The lowest BCUT2D eigenvalue weighted by atomic mass is 9.98. The van der Waals surface area contributed by atoms with E-state index in [0.29, 0.717) is 24.9 Å². The molecule has 0 spiro atoms. The number of carbonyl (C=O) groups is 1. The Bertz CT molecular complexity index is 690. The van der Waals surface area contributed by atoms with E-state index in [-0.39, 0.29) is 17.4 Å². The molecule has 21 heavy (non-hydrogen) atoms. The first-order valence-corrected chi connectivity index (χ1v) is 7.09. The van der Waals surface area contributed by atoms with E-state index < -0.39 is 5.82 Å². The molecule has 1 aromatic heterocycles. The number of likely N-dealkylation sites (tertiary alicyclic amines) is 1. The van der Waals surface area contributed by atoms with E-state index in [1.165, 1.54) is 12.1 Å². The van der Waals surface area contributed by atoms with Gasteiger partial charge < -0.3 is 9.42 Å². The summed E-state index contributed by atoms with van der Waals surface area (Å²) in [6, 6.07) is 6.03. The van der Waals surface area contributed by atoms with Gasteiger partial charge in [0.15, 0.2) is 5.82 Å². The SMILES string of the molecule is O=C(c1ccccc1F)N1CC(c2nc(C3CC3)no2)C1. The highest BCUT2D eigenvalue weighted by Crippen LogP contribution is 2.39. The Labute approximate surface area is 120 Å². The molecule has 0 bridgehead atoms. The van der Waals surface area contributed by atoms with Gasteiger partial charge in [-0.1, -0.05) is 17.3 Å². The number of rotatable bonds is 3. The van der Waals surface area contributed by atoms with Crippen LogP contribution in [0.5, 0.6) is 0 Å². The molecule has 0 radical (unpaired) electrons. The van der Waals surface area contributed by atoms with Crippen LogP contribution in [-0.2, 0) is 0 Å². The number of aromatic nitrogens is 2. The molecule has 5 nitrogen and oxygen atoms in total. The summed E-state index contributed by atoms with van der Waals surface area (Å²) in [5.74, 6) is 1.13. The molecule has 2 aromatic rings. The molecule has 6 heteroatoms. The predicted molar refractivity (Wildman–Crippen MR) is 71.3 cm³/mol. The molecular weight excluding hydrogens is 273 g/mol. The van der Waals surface area contributed by atoms with Gasteiger partial charge in [-0.2, -0.15) is 4.98 Å². The van der Waals surface area contributed by atoms with Crippen LogP contribution < -0.4 is 0 Å². The van der Waals surface area contributed by atoms with Crippen LogP contribution in [0.4, 0.5) is 4.39 Å². The van der Waals surface area contributed by atoms with Gasteiger partial charge in [-0.05, 0) is 25.0 Å². The minimum absolute atomic E-state index is 0.0701. The Morgan fingerprint density at radius 2 is 2.00 bits per heavy atom. The molecule has 2 heterocycles. The zero-order valence-electron chi connectivity index (χ0n) is 11.3. The van der Waals surface area contributed by atoms with E-state index in [0.717, 1.165) is 18.7 Å². The summed E-state index contributed by atoms with van der Waals surface area (Å²) in [6.45, 7) is 0.999. The number of amides is 1. The molecule has 1 aliphatic carbocycles. The molecule has 2 aliphatic rings. The van der Waals surface area contributed by atoms with Crippen molar-refractivity contribution >= 4 is 5.91 Å². The van der Waals surface area contributed by atoms with E-state index in [1.54, 1.807) is 17.0 Å². The van der Waals surface area contributed by atoms with Crippen LogP contribution in [0.1, 0.15) is 46.8 Å². The van der Waals surface area contributed by atoms with Crippen LogP contribution in [0.2, 0.25) is 0 Å². The van der Waals surface area contributed by atoms with Gasteiger partial charge in [0, 0.05) is 19.0 Å². The van der Waals surface area contributed by atoms with Gasteiger partial charge in [0.25, 0.3) is 5.91 Å². The lowest BCUT2D eigenvalue weighted by Crippen LogP contribution is -2.48. The molecular formula is C15H14FN3O2. The Hall–Kier alpha value is -2.24.